The molecule has 1 aromatic carbocycles. The molecule has 1 aromatic rings. The van der Waals surface area contributed by atoms with Crippen LogP contribution in [0, 0.1) is 5.92 Å². The smallest absolute Gasteiger partial charge is 0.225 e. The van der Waals surface area contributed by atoms with Gasteiger partial charge in [0, 0.05) is 24.4 Å². The number of hydrogen-bond acceptors (Lipinski definition) is 1. The fourth-order valence-electron chi connectivity index (χ4n) is 3.80. The van der Waals surface area contributed by atoms with Crippen molar-refractivity contribution in [1.82, 2.24) is 4.90 Å². The molecule has 0 spiro atoms. The van der Waals surface area contributed by atoms with Gasteiger partial charge in [-0.25, -0.2) is 0 Å². The van der Waals surface area contributed by atoms with E-state index in [-0.39, 0.29) is 0 Å². The van der Waals surface area contributed by atoms with Gasteiger partial charge in [-0.15, -0.1) is 0 Å². The van der Waals surface area contributed by atoms with E-state index in [0.717, 1.165) is 25.8 Å². The number of carbonyl (C=O) groups excluding carboxylic acids is 1. The zero-order valence-corrected chi connectivity index (χ0v) is 11.7. The van der Waals surface area contributed by atoms with Gasteiger partial charge in [-0.3, -0.25) is 4.79 Å². The topological polar surface area (TPSA) is 20.3 Å². The minimum atomic E-state index is 0.317. The fraction of sp³-hybridized carbons (Fsp3) is 0.588. The lowest BCUT2D eigenvalue weighted by molar-refractivity contribution is -0.136. The van der Waals surface area contributed by atoms with Gasteiger partial charge in [-0.1, -0.05) is 43.2 Å². The minimum absolute atomic E-state index is 0.317. The maximum Gasteiger partial charge on any atom is 0.225 e. The lowest BCUT2D eigenvalue weighted by atomic mass is 9.92. The molecule has 0 N–H and O–H groups in total. The summed E-state index contributed by atoms with van der Waals surface area (Å²) >= 11 is 0. The van der Waals surface area contributed by atoms with E-state index in [2.05, 4.69) is 42.2 Å². The van der Waals surface area contributed by atoms with Gasteiger partial charge in [0.2, 0.25) is 5.91 Å². The van der Waals surface area contributed by atoms with Crippen molar-refractivity contribution in [2.75, 3.05) is 6.54 Å². The first-order valence-electron chi connectivity index (χ1n) is 7.63. The Kier molecular flexibility index (Phi) is 3.58. The molecule has 1 heterocycles. The van der Waals surface area contributed by atoms with Gasteiger partial charge in [0.25, 0.3) is 0 Å². The van der Waals surface area contributed by atoms with Gasteiger partial charge in [0.05, 0.1) is 0 Å². The van der Waals surface area contributed by atoms with Crippen molar-refractivity contribution >= 4 is 5.91 Å². The van der Waals surface area contributed by atoms with Gasteiger partial charge in [0.15, 0.2) is 0 Å². The van der Waals surface area contributed by atoms with Crippen LogP contribution in [-0.2, 0) is 4.79 Å². The summed E-state index contributed by atoms with van der Waals surface area (Å²) in [5.41, 5.74) is 1.39. The average Bonchev–Trinajstić information content (AvgIpc) is 3.08. The van der Waals surface area contributed by atoms with Crippen LogP contribution in [0.15, 0.2) is 30.3 Å². The fourth-order valence-corrected chi connectivity index (χ4v) is 3.80. The van der Waals surface area contributed by atoms with E-state index < -0.39 is 0 Å². The summed E-state index contributed by atoms with van der Waals surface area (Å²) in [5.74, 6) is 1.26. The Hall–Kier alpha value is -1.31. The summed E-state index contributed by atoms with van der Waals surface area (Å²) in [5, 5.41) is 0. The number of hydrogen-bond donors (Lipinski definition) is 0. The molecule has 2 heteroatoms. The van der Waals surface area contributed by atoms with Crippen molar-refractivity contribution in [1.29, 1.82) is 0 Å². The second kappa shape index (κ2) is 5.36. The standard InChI is InChI=1S/C17H23NO/c1-13-16(14-7-3-2-4-8-14)11-12-18(13)17(19)15-9-5-6-10-15/h2-4,7-8,13,15-16H,5-6,9-12H2,1H3/t13-,16+/m1/s1. The summed E-state index contributed by atoms with van der Waals surface area (Å²) in [6.45, 7) is 3.16. The van der Waals surface area contributed by atoms with E-state index in [4.69, 9.17) is 0 Å². The van der Waals surface area contributed by atoms with E-state index in [1.807, 2.05) is 0 Å². The zero-order valence-electron chi connectivity index (χ0n) is 11.7. The molecule has 19 heavy (non-hydrogen) atoms. The van der Waals surface area contributed by atoms with Crippen LogP contribution < -0.4 is 0 Å². The van der Waals surface area contributed by atoms with Crippen LogP contribution in [0.2, 0.25) is 0 Å². The Labute approximate surface area is 115 Å². The molecule has 3 rings (SSSR count). The van der Waals surface area contributed by atoms with Gasteiger partial charge >= 0.3 is 0 Å². The lowest BCUT2D eigenvalue weighted by Gasteiger charge is -2.27. The summed E-state index contributed by atoms with van der Waals surface area (Å²) in [6, 6.07) is 11.0. The largest absolute Gasteiger partial charge is 0.339 e. The van der Waals surface area contributed by atoms with Crippen molar-refractivity contribution < 1.29 is 4.79 Å². The van der Waals surface area contributed by atoms with Crippen LogP contribution >= 0.6 is 0 Å². The highest BCUT2D eigenvalue weighted by Crippen LogP contribution is 2.36. The molecule has 2 fully saturated rings. The molecule has 1 amide bonds. The molecule has 1 aliphatic heterocycles. The highest BCUT2D eigenvalue weighted by molar-refractivity contribution is 5.79. The second-order valence-corrected chi connectivity index (χ2v) is 6.06. The molecule has 2 atom stereocenters. The Balaban J connectivity index is 1.71. The molecular weight excluding hydrogens is 234 g/mol. The van der Waals surface area contributed by atoms with E-state index in [9.17, 15) is 4.79 Å². The maximum atomic E-state index is 12.6. The number of likely N-dealkylation sites (tertiary alicyclic amines) is 1. The number of rotatable bonds is 2. The van der Waals surface area contributed by atoms with E-state index in [1.54, 1.807) is 0 Å². The van der Waals surface area contributed by atoms with Gasteiger partial charge in [0.1, 0.15) is 0 Å². The maximum absolute atomic E-state index is 12.6. The lowest BCUT2D eigenvalue weighted by Crippen LogP contribution is -2.38. The molecule has 1 aliphatic carbocycles. The predicted octanol–water partition coefficient (Wildman–Crippen LogP) is 3.58. The Morgan fingerprint density at radius 1 is 1.11 bits per heavy atom. The monoisotopic (exact) mass is 257 g/mol. The molecule has 2 nitrogen and oxygen atoms in total. The van der Waals surface area contributed by atoms with Gasteiger partial charge < -0.3 is 4.90 Å². The number of nitrogens with zero attached hydrogens (tertiary/aromatic N) is 1. The normalized spacial score (nSPS) is 27.9. The van der Waals surface area contributed by atoms with Gasteiger partial charge in [-0.05, 0) is 31.7 Å². The first kappa shape index (κ1) is 12.7. The van der Waals surface area contributed by atoms with Crippen molar-refractivity contribution in [3.05, 3.63) is 35.9 Å². The van der Waals surface area contributed by atoms with Crippen LogP contribution in [0.5, 0.6) is 0 Å². The Morgan fingerprint density at radius 3 is 2.47 bits per heavy atom. The number of amides is 1. The minimum Gasteiger partial charge on any atom is -0.339 e. The highest BCUT2D eigenvalue weighted by atomic mass is 16.2. The van der Waals surface area contributed by atoms with Crippen molar-refractivity contribution in [2.24, 2.45) is 5.92 Å². The highest BCUT2D eigenvalue weighted by Gasteiger charge is 2.37. The summed E-state index contributed by atoms with van der Waals surface area (Å²) in [6.07, 6.45) is 5.81. The van der Waals surface area contributed by atoms with E-state index in [1.165, 1.54) is 18.4 Å². The third kappa shape index (κ3) is 2.41. The Bertz CT molecular complexity index is 436. The average molecular weight is 257 g/mol. The van der Waals surface area contributed by atoms with Crippen LogP contribution in [-0.4, -0.2) is 23.4 Å². The number of benzene rings is 1. The summed E-state index contributed by atoms with van der Waals surface area (Å²) in [4.78, 5) is 14.7. The predicted molar refractivity (Wildman–Crippen MR) is 76.9 cm³/mol. The molecule has 1 saturated carbocycles. The first-order valence-corrected chi connectivity index (χ1v) is 7.63. The SMILES string of the molecule is C[C@@H]1[C@@H](c2ccccc2)CCN1C(=O)C1CCCC1. The molecule has 0 aromatic heterocycles. The molecule has 102 valence electrons. The second-order valence-electron chi connectivity index (χ2n) is 6.06. The molecule has 0 bridgehead atoms. The molecular formula is C17H23NO. The van der Waals surface area contributed by atoms with Crippen molar-refractivity contribution in [3.63, 3.8) is 0 Å². The van der Waals surface area contributed by atoms with Crippen LogP contribution in [0.4, 0.5) is 0 Å². The van der Waals surface area contributed by atoms with E-state index >= 15 is 0 Å². The Morgan fingerprint density at radius 2 is 1.79 bits per heavy atom. The van der Waals surface area contributed by atoms with Crippen LogP contribution in [0.1, 0.15) is 50.5 Å². The third-order valence-electron chi connectivity index (χ3n) is 4.97. The third-order valence-corrected chi connectivity index (χ3v) is 4.97. The van der Waals surface area contributed by atoms with Crippen LogP contribution in [0.25, 0.3) is 0 Å². The molecule has 0 radical (unpaired) electrons. The molecule has 2 aliphatic rings. The first-order chi connectivity index (χ1) is 9.27. The van der Waals surface area contributed by atoms with Crippen molar-refractivity contribution in [2.45, 2.75) is 51.0 Å². The zero-order chi connectivity index (χ0) is 13.2. The van der Waals surface area contributed by atoms with Crippen molar-refractivity contribution in [3.8, 4) is 0 Å². The summed E-state index contributed by atoms with van der Waals surface area (Å²) < 4.78 is 0. The molecule has 1 saturated heterocycles. The quantitative estimate of drug-likeness (QED) is 0.793. The number of carbonyl (C=O) groups is 1. The molecule has 0 unspecified atom stereocenters. The summed E-state index contributed by atoms with van der Waals surface area (Å²) in [7, 11) is 0. The van der Waals surface area contributed by atoms with E-state index in [0.29, 0.717) is 23.8 Å². The van der Waals surface area contributed by atoms with Crippen LogP contribution in [0.3, 0.4) is 0 Å². The van der Waals surface area contributed by atoms with Gasteiger partial charge in [-0.2, -0.15) is 0 Å².